The number of aromatic nitrogens is 3. The number of phenols is 3. The summed E-state index contributed by atoms with van der Waals surface area (Å²) in [5.41, 5.74) is 8.36. The van der Waals surface area contributed by atoms with E-state index in [9.17, 15) is 45.6 Å². The van der Waals surface area contributed by atoms with Crippen molar-refractivity contribution in [2.75, 3.05) is 26.9 Å². The largest absolute Gasteiger partial charge is 0.508 e. The quantitative estimate of drug-likeness (QED) is 0.0402. The molecular formula is C74H84N4O13. The topological polar surface area (TPSA) is 272 Å². The van der Waals surface area contributed by atoms with E-state index in [2.05, 4.69) is 62.0 Å². The maximum absolute atomic E-state index is 15.7. The number of nitrogens with one attached hydrogen (secondary N) is 3. The molecule has 17 nitrogen and oxygen atoms in total. The third-order valence-electron chi connectivity index (χ3n) is 22.6. The molecule has 0 unspecified atom stereocenters. The summed E-state index contributed by atoms with van der Waals surface area (Å²) in [7, 11) is 1.52. The Morgan fingerprint density at radius 1 is 0.846 bits per heavy atom. The molecule has 11 N–H and O–H groups in total. The Kier molecular flexibility index (Phi) is 16.6. The summed E-state index contributed by atoms with van der Waals surface area (Å²) < 4.78 is 20.2. The van der Waals surface area contributed by atoms with E-state index >= 15 is 4.79 Å². The minimum Gasteiger partial charge on any atom is -0.508 e. The zero-order chi connectivity index (χ0) is 62.9. The van der Waals surface area contributed by atoms with Crippen molar-refractivity contribution in [2.45, 2.75) is 157 Å². The number of allylic oxidation sites excluding steroid dienone is 1. The molecule has 7 aromatic rings. The zero-order valence-electron chi connectivity index (χ0n) is 51.5. The summed E-state index contributed by atoms with van der Waals surface area (Å²) in [5, 5.41) is 96.3. The number of aromatic hydroxyl groups is 3. The van der Waals surface area contributed by atoms with Crippen LogP contribution in [0.1, 0.15) is 136 Å². The minimum atomic E-state index is -1.38. The number of H-pyrrole nitrogens is 2. The predicted octanol–water partition coefficient (Wildman–Crippen LogP) is 10.0. The van der Waals surface area contributed by atoms with Gasteiger partial charge in [-0.3, -0.25) is 9.59 Å². The summed E-state index contributed by atoms with van der Waals surface area (Å²) in [4.78, 5) is 37.0. The second kappa shape index (κ2) is 24.8. The molecule has 91 heavy (non-hydrogen) atoms. The molecule has 2 spiro atoms. The number of ketones is 1. The number of hydrogen-bond acceptors (Lipinski definition) is 14. The molecular weight excluding hydrogens is 1150 g/mol. The highest BCUT2D eigenvalue weighted by Crippen LogP contribution is 2.71. The smallest absolute Gasteiger partial charge is 0.318 e. The Morgan fingerprint density at radius 3 is 2.54 bits per heavy atom. The number of nitrogens with zero attached hydrogens (tertiary/aromatic N) is 1. The fourth-order valence-electron chi connectivity index (χ4n) is 19.1. The number of carbonyl (C=O) groups is 2. The van der Waals surface area contributed by atoms with Gasteiger partial charge < -0.3 is 74.9 Å². The molecule has 4 saturated carbocycles. The van der Waals surface area contributed by atoms with E-state index in [4.69, 9.17) is 14.2 Å². The van der Waals surface area contributed by atoms with Crippen molar-refractivity contribution in [3.63, 3.8) is 0 Å². The Hall–Kier alpha value is -7.56. The molecule has 0 radical (unpaired) electrons. The van der Waals surface area contributed by atoms with Gasteiger partial charge in [-0.2, -0.15) is 0 Å². The van der Waals surface area contributed by atoms with E-state index in [0.29, 0.717) is 56.9 Å². The summed E-state index contributed by atoms with van der Waals surface area (Å²) in [6.07, 6.45) is 8.70. The highest BCUT2D eigenvalue weighted by molar-refractivity contribution is 5.95. The molecule has 17 heteroatoms. The molecule has 15 atom stereocenters. The van der Waals surface area contributed by atoms with E-state index in [0.717, 1.165) is 86.8 Å². The van der Waals surface area contributed by atoms with Gasteiger partial charge in [-0.25, -0.2) is 0 Å². The van der Waals surface area contributed by atoms with Crippen LogP contribution in [-0.2, 0) is 27.2 Å². The Bertz CT molecular complexity index is 3980. The molecule has 3 aromatic heterocycles. The third kappa shape index (κ3) is 11.1. The number of phenolic OH excluding ortho intramolecular Hbond substituents is 3. The maximum Gasteiger partial charge on any atom is 0.318 e. The van der Waals surface area contributed by atoms with Gasteiger partial charge in [0.05, 0.1) is 60.5 Å². The molecule has 478 valence electrons. The van der Waals surface area contributed by atoms with Gasteiger partial charge in [0.1, 0.15) is 30.7 Å². The molecule has 5 aliphatic carbocycles. The molecule has 5 heterocycles. The van der Waals surface area contributed by atoms with Crippen LogP contribution in [0, 0.1) is 52.8 Å². The Morgan fingerprint density at radius 2 is 1.70 bits per heavy atom. The van der Waals surface area contributed by atoms with E-state index in [1.807, 2.05) is 42.6 Å². The molecule has 2 aliphatic heterocycles. The van der Waals surface area contributed by atoms with E-state index in [-0.39, 0.29) is 134 Å². The van der Waals surface area contributed by atoms with Gasteiger partial charge in [-0.05, 0) is 194 Å². The zero-order valence-corrected chi connectivity index (χ0v) is 51.5. The SMILES string of the molecule is COc1cc2c(cc1O)C1=C[C@H]3C[C@]4(C[C@H](CCCO)[C@]5(C4)N[C@@H]4[C@@H](CCC[C@H]4O)C[C@@H]5n4c(-c5cccc(O)c5)cc5[nH]ccc54)[C@@H]4C[C@H](O)CC[C@@H]4[C@@H]3[C@H]2CC(=O)C[C@@H]([C@H](O)Cc2ccc(O)c(OCCO)c2)OC(=O)CC#CCc2c1[nH]c1ccccc21. The number of aliphatic hydroxyl groups excluding tert-OH is 5. The van der Waals surface area contributed by atoms with Crippen LogP contribution in [0.25, 0.3) is 38.8 Å². The van der Waals surface area contributed by atoms with Gasteiger partial charge >= 0.3 is 5.97 Å². The monoisotopic (exact) mass is 1240 g/mol. The first kappa shape index (κ1) is 61.0. The first-order valence-corrected chi connectivity index (χ1v) is 33.0. The number of carbonyl (C=O) groups excluding carboxylic acids is 2. The molecule has 5 fully saturated rings. The third-order valence-corrected chi connectivity index (χ3v) is 22.6. The van der Waals surface area contributed by atoms with Crippen molar-refractivity contribution >= 4 is 39.3 Å². The fourth-order valence-corrected chi connectivity index (χ4v) is 19.1. The second-order valence-electron chi connectivity index (χ2n) is 27.6. The van der Waals surface area contributed by atoms with Crippen LogP contribution in [0.15, 0.2) is 103 Å². The molecule has 4 aromatic carbocycles. The number of hydrogen-bond donors (Lipinski definition) is 11. The number of rotatable bonds is 12. The van der Waals surface area contributed by atoms with Gasteiger partial charge in [0.15, 0.2) is 23.0 Å². The molecule has 0 amide bonds. The number of para-hydroxylation sites is 1. The van der Waals surface area contributed by atoms with Gasteiger partial charge in [-0.15, -0.1) is 0 Å². The average molecular weight is 1240 g/mol. The molecule has 14 rings (SSSR count). The Balaban J connectivity index is 0.949. The number of benzene rings is 4. The minimum absolute atomic E-state index is 0.00455. The first-order valence-electron chi connectivity index (χ1n) is 33.0. The maximum atomic E-state index is 15.7. The van der Waals surface area contributed by atoms with Crippen LogP contribution in [0.4, 0.5) is 0 Å². The molecule has 1 saturated heterocycles. The van der Waals surface area contributed by atoms with Crippen molar-refractivity contribution in [2.24, 2.45) is 40.9 Å². The summed E-state index contributed by atoms with van der Waals surface area (Å²) >= 11 is 0. The number of ether oxygens (including phenoxy) is 3. The van der Waals surface area contributed by atoms with Crippen molar-refractivity contribution in [3.8, 4) is 51.8 Å². The normalized spacial score (nSPS) is 30.9. The molecule has 2 bridgehead atoms. The summed E-state index contributed by atoms with van der Waals surface area (Å²) in [6.45, 7) is -0.342. The van der Waals surface area contributed by atoms with Crippen LogP contribution in [-0.4, -0.2) is 130 Å². The highest BCUT2D eigenvalue weighted by atomic mass is 16.6. The van der Waals surface area contributed by atoms with Gasteiger partial charge in [0, 0.05) is 72.1 Å². The number of piperidine rings is 1. The second-order valence-corrected chi connectivity index (χ2v) is 27.6. The van der Waals surface area contributed by atoms with E-state index in [1.54, 1.807) is 24.3 Å². The van der Waals surface area contributed by atoms with Gasteiger partial charge in [0.2, 0.25) is 0 Å². The lowest BCUT2D eigenvalue weighted by Crippen LogP contribution is -2.67. The van der Waals surface area contributed by atoms with Crippen LogP contribution in [0.2, 0.25) is 0 Å². The number of aliphatic hydroxyl groups is 5. The highest BCUT2D eigenvalue weighted by Gasteiger charge is 2.67. The summed E-state index contributed by atoms with van der Waals surface area (Å²) in [5.74, 6) is 4.86. The number of aromatic amines is 2. The van der Waals surface area contributed by atoms with Gasteiger partial charge in [0.25, 0.3) is 0 Å². The number of esters is 1. The molecule has 7 aliphatic rings. The first-order chi connectivity index (χ1) is 44.2. The number of methoxy groups -OCH3 is 1. The fraction of sp³-hybridized carbons (Fsp3) is 0.486. The number of cyclic esters (lactones) is 1. The van der Waals surface area contributed by atoms with Crippen molar-refractivity contribution in [1.82, 2.24) is 19.9 Å². The van der Waals surface area contributed by atoms with Crippen LogP contribution in [0.3, 0.4) is 0 Å². The van der Waals surface area contributed by atoms with E-state index < -0.39 is 47.3 Å². The number of fused-ring (bicyclic) bond motifs is 11. The lowest BCUT2D eigenvalue weighted by molar-refractivity contribution is -0.155. The lowest BCUT2D eigenvalue weighted by atomic mass is 9.47. The van der Waals surface area contributed by atoms with E-state index in [1.165, 1.54) is 13.2 Å². The van der Waals surface area contributed by atoms with Crippen molar-refractivity contribution < 1.29 is 64.7 Å². The average Bonchev–Trinajstić information content (AvgIpc) is 1.56. The van der Waals surface area contributed by atoms with Crippen LogP contribution in [0.5, 0.6) is 28.7 Å². The van der Waals surface area contributed by atoms with Crippen molar-refractivity contribution in [1.29, 1.82) is 0 Å². The predicted molar refractivity (Wildman–Crippen MR) is 343 cm³/mol. The lowest BCUT2D eigenvalue weighted by Gasteiger charge is -2.59. The Labute approximate surface area is 529 Å². The van der Waals surface area contributed by atoms with Crippen molar-refractivity contribution in [3.05, 3.63) is 131 Å². The number of Topliss-reactive ketones (excluding diaryl/α,β-unsaturated/α-hetero) is 1. The van der Waals surface area contributed by atoms with Gasteiger partial charge in [-0.1, -0.05) is 60.7 Å². The van der Waals surface area contributed by atoms with Crippen LogP contribution >= 0.6 is 0 Å². The standard InChI is InChI=1S/C74H84N4O13/c1-89-65-36-53-52(35-64(65)87)55-30-44-38-73(39-45(11-8-24-79)74(40-73)68(31-43-10-7-16-62(85)71(43)77-74)78-59-22-23-75-58(59)37-60(78)42-9-6-12-46(81)29-42)56-33-47(82)19-20-51(56)70(44)54(53)32-48(83)34-67(63(86)27-41-18-21-61(84)66(28-41)90-26-25-80)91-69(88)17-5-3-14-50-49-13-2-4-15-57(49)76-72(50)55/h2,4,6,9,12-13,15,18,21-23,28-30,35-37,43-45,47,51,54,56,62-63,67-68,70-71,75-77,79-82,84-87H,7-8,10-11,14,16-17,19-20,24-27,31-34,38-40H2,1H3/t43-,44-,45-,47+,51-,54-,56+,62+,63+,67-,68-,70+,71+,73+,74-/m0/s1. The summed E-state index contributed by atoms with van der Waals surface area (Å²) in [6, 6.07) is 27.8. The van der Waals surface area contributed by atoms with Crippen LogP contribution < -0.4 is 14.8 Å².